The summed E-state index contributed by atoms with van der Waals surface area (Å²) >= 11 is 1.57. The van der Waals surface area contributed by atoms with E-state index in [0.29, 0.717) is 18.6 Å². The number of primary amides is 1. The molecule has 0 radical (unpaired) electrons. The average Bonchev–Trinajstić information content (AvgIpc) is 3.69. The van der Waals surface area contributed by atoms with E-state index >= 15 is 0 Å². The third kappa shape index (κ3) is 11.7. The Morgan fingerprint density at radius 2 is 1.80 bits per heavy atom. The van der Waals surface area contributed by atoms with Gasteiger partial charge in [-0.05, 0) is 60.9 Å². The first-order valence-corrected chi connectivity index (χ1v) is 17.8. The highest BCUT2D eigenvalue weighted by Crippen LogP contribution is 2.29. The number of aliphatic hydroxyl groups is 1. The van der Waals surface area contributed by atoms with Crippen molar-refractivity contribution >= 4 is 47.4 Å². The van der Waals surface area contributed by atoms with Gasteiger partial charge in [-0.15, -0.1) is 23.7 Å². The van der Waals surface area contributed by atoms with Crippen molar-refractivity contribution in [3.63, 3.8) is 0 Å². The molecular weight excluding hydrogens is 692 g/mol. The minimum Gasteiger partial charge on any atom is -0.492 e. The van der Waals surface area contributed by atoms with Gasteiger partial charge >= 0.3 is 0 Å². The Bertz CT molecular complexity index is 1640. The number of nitrogens with zero attached hydrogens (tertiary/aromatic N) is 2. The summed E-state index contributed by atoms with van der Waals surface area (Å²) in [7, 11) is 0. The molecule has 4 rings (SSSR count). The topological polar surface area (TPSA) is 190 Å². The van der Waals surface area contributed by atoms with E-state index in [9.17, 15) is 24.3 Å². The fraction of sp³-hybridized carbons (Fsp3) is 0.486. The van der Waals surface area contributed by atoms with Gasteiger partial charge in [-0.25, -0.2) is 4.98 Å². The monoisotopic (exact) mass is 742 g/mol. The second-order valence-electron chi connectivity index (χ2n) is 14.1. The summed E-state index contributed by atoms with van der Waals surface area (Å²) < 4.78 is 5.77. The lowest BCUT2D eigenvalue weighted by Gasteiger charge is -2.35. The number of carbonyl (C=O) groups excluding carboxylic acids is 4. The number of aryl methyl sites for hydroxylation is 2. The van der Waals surface area contributed by atoms with Crippen molar-refractivity contribution in [2.45, 2.75) is 97.0 Å². The molecule has 1 aliphatic heterocycles. The molecule has 3 aromatic rings. The lowest BCUT2D eigenvalue weighted by molar-refractivity contribution is -0.144. The van der Waals surface area contributed by atoms with Crippen LogP contribution >= 0.6 is 23.7 Å². The number of ether oxygens (including phenoxy) is 1. The number of aromatic nitrogens is 1. The van der Waals surface area contributed by atoms with E-state index in [1.54, 1.807) is 17.4 Å². The normalized spacial score (nSPS) is 17.5. The van der Waals surface area contributed by atoms with E-state index in [1.165, 1.54) is 4.90 Å². The van der Waals surface area contributed by atoms with Crippen LogP contribution in [-0.2, 0) is 25.6 Å². The Morgan fingerprint density at radius 3 is 2.43 bits per heavy atom. The molecule has 1 fully saturated rings. The summed E-state index contributed by atoms with van der Waals surface area (Å²) in [6.07, 6.45) is 0.369. The van der Waals surface area contributed by atoms with Gasteiger partial charge < -0.3 is 36.8 Å². The molecule has 2 heterocycles. The third-order valence-electron chi connectivity index (χ3n) is 8.82. The van der Waals surface area contributed by atoms with Crippen LogP contribution in [0.1, 0.15) is 76.2 Å². The second kappa shape index (κ2) is 18.5. The standard InChI is InChI=1S/C37H50N6O6S.ClH/c1-22(25-10-12-26(13-11-25)33-23(2)40-21-50-33)41-35(47)30-18-28(44)19-43(30)36(48)34(37(3,4)5)42-32(46)16-9-24-7-6-8-29(17-24)49-20-27(38)14-15-31(39)45;/h6-8,10-13,17,21-22,27-28,30,34,44H,9,14-16,18-20,38H2,1-5H3,(H2,39,45)(H,41,47)(H,42,46);1H/t22-,27-,28+,30-,34+;/m0./s1. The van der Waals surface area contributed by atoms with Gasteiger partial charge in [0, 0.05) is 31.8 Å². The third-order valence-corrected chi connectivity index (χ3v) is 9.80. The van der Waals surface area contributed by atoms with Crippen LogP contribution in [0, 0.1) is 12.3 Å². The predicted molar refractivity (Wildman–Crippen MR) is 200 cm³/mol. The highest BCUT2D eigenvalue weighted by atomic mass is 35.5. The first kappa shape index (κ1) is 41.4. The largest absolute Gasteiger partial charge is 0.492 e. The van der Waals surface area contributed by atoms with E-state index in [1.807, 2.05) is 82.6 Å². The maximum absolute atomic E-state index is 14.0. The zero-order chi connectivity index (χ0) is 36.6. The summed E-state index contributed by atoms with van der Waals surface area (Å²) in [6.45, 7) is 9.62. The fourth-order valence-corrected chi connectivity index (χ4v) is 6.72. The molecule has 5 atom stereocenters. The van der Waals surface area contributed by atoms with Crippen molar-refractivity contribution in [2.24, 2.45) is 16.9 Å². The van der Waals surface area contributed by atoms with Crippen molar-refractivity contribution in [3.05, 3.63) is 70.9 Å². The maximum atomic E-state index is 14.0. The average molecular weight is 743 g/mol. The number of likely N-dealkylation sites (tertiary alicyclic amines) is 1. The Morgan fingerprint density at radius 1 is 1.10 bits per heavy atom. The molecule has 0 aliphatic carbocycles. The van der Waals surface area contributed by atoms with Crippen LogP contribution in [0.25, 0.3) is 10.4 Å². The minimum absolute atomic E-state index is 0. The van der Waals surface area contributed by atoms with Crippen LogP contribution in [0.2, 0.25) is 0 Å². The summed E-state index contributed by atoms with van der Waals surface area (Å²) in [6, 6.07) is 12.8. The number of hydrogen-bond donors (Lipinski definition) is 5. The number of amides is 4. The Labute approximate surface area is 310 Å². The number of β-amino-alcohol motifs (C(OH)–C–C–N with tert-alkyl or cyclic N) is 1. The summed E-state index contributed by atoms with van der Waals surface area (Å²) in [4.78, 5) is 58.6. The van der Waals surface area contributed by atoms with Crippen LogP contribution in [0.4, 0.5) is 0 Å². The quantitative estimate of drug-likeness (QED) is 0.155. The van der Waals surface area contributed by atoms with Crippen molar-refractivity contribution < 1.29 is 29.0 Å². The van der Waals surface area contributed by atoms with Gasteiger partial charge in [-0.1, -0.05) is 57.2 Å². The molecule has 51 heavy (non-hydrogen) atoms. The molecule has 1 aliphatic rings. The molecule has 12 nitrogen and oxygen atoms in total. The van der Waals surface area contributed by atoms with E-state index in [2.05, 4.69) is 15.6 Å². The number of hydrogen-bond acceptors (Lipinski definition) is 9. The second-order valence-corrected chi connectivity index (χ2v) is 15.0. The molecule has 0 bridgehead atoms. The number of nitrogens with two attached hydrogens (primary N) is 2. The molecule has 7 N–H and O–H groups in total. The van der Waals surface area contributed by atoms with E-state index in [0.717, 1.165) is 27.3 Å². The fourth-order valence-electron chi connectivity index (χ4n) is 5.91. The van der Waals surface area contributed by atoms with Crippen molar-refractivity contribution in [1.29, 1.82) is 0 Å². The molecule has 1 aromatic heterocycles. The smallest absolute Gasteiger partial charge is 0.246 e. The van der Waals surface area contributed by atoms with Gasteiger partial charge in [0.15, 0.2) is 0 Å². The van der Waals surface area contributed by atoms with Crippen LogP contribution in [-0.4, -0.2) is 76.0 Å². The van der Waals surface area contributed by atoms with Gasteiger partial charge in [-0.3, -0.25) is 19.2 Å². The van der Waals surface area contributed by atoms with Gasteiger partial charge in [0.1, 0.15) is 24.4 Å². The molecule has 0 unspecified atom stereocenters. The van der Waals surface area contributed by atoms with Gasteiger partial charge in [0.05, 0.1) is 28.2 Å². The van der Waals surface area contributed by atoms with Crippen molar-refractivity contribution in [1.82, 2.24) is 20.5 Å². The Balaban J connectivity index is 0.00000702. The Kier molecular flexibility index (Phi) is 15.0. The number of rotatable bonds is 15. The zero-order valence-electron chi connectivity index (χ0n) is 29.9. The van der Waals surface area contributed by atoms with Crippen LogP contribution < -0.4 is 26.8 Å². The summed E-state index contributed by atoms with van der Waals surface area (Å²) in [5.41, 5.74) is 16.1. The SMILES string of the molecule is Cc1ncsc1-c1ccc([C@H](C)NC(=O)[C@@H]2C[C@@H](O)CN2C(=O)[C@@H](NC(=O)CCc2cccc(OC[C@@H](N)CCC(N)=O)c2)C(C)(C)C)cc1.Cl. The number of halogens is 1. The van der Waals surface area contributed by atoms with Gasteiger partial charge in [0.25, 0.3) is 0 Å². The highest BCUT2D eigenvalue weighted by molar-refractivity contribution is 7.13. The maximum Gasteiger partial charge on any atom is 0.246 e. The molecule has 0 saturated carbocycles. The van der Waals surface area contributed by atoms with Crippen LogP contribution in [0.15, 0.2) is 54.0 Å². The van der Waals surface area contributed by atoms with Crippen molar-refractivity contribution in [2.75, 3.05) is 13.2 Å². The molecule has 0 spiro atoms. The molecule has 278 valence electrons. The number of aliphatic hydroxyl groups excluding tert-OH is 1. The Hall–Kier alpha value is -4.04. The molecule has 4 amide bonds. The number of benzene rings is 2. The predicted octanol–water partition coefficient (Wildman–Crippen LogP) is 3.81. The summed E-state index contributed by atoms with van der Waals surface area (Å²) in [5.74, 6) is -0.911. The van der Waals surface area contributed by atoms with Crippen molar-refractivity contribution in [3.8, 4) is 16.2 Å². The number of thiazole rings is 1. The summed E-state index contributed by atoms with van der Waals surface area (Å²) in [5, 5.41) is 16.5. The molecular formula is C37H51ClN6O6S. The van der Waals surface area contributed by atoms with Gasteiger partial charge in [-0.2, -0.15) is 0 Å². The lowest BCUT2D eigenvalue weighted by atomic mass is 9.85. The number of carbonyl (C=O) groups is 4. The first-order valence-electron chi connectivity index (χ1n) is 17.0. The lowest BCUT2D eigenvalue weighted by Crippen LogP contribution is -2.57. The molecule has 2 aromatic carbocycles. The zero-order valence-corrected chi connectivity index (χ0v) is 31.5. The van der Waals surface area contributed by atoms with Crippen LogP contribution in [0.3, 0.4) is 0 Å². The first-order chi connectivity index (χ1) is 23.6. The molecule has 1 saturated heterocycles. The van der Waals surface area contributed by atoms with E-state index in [-0.39, 0.29) is 68.7 Å². The van der Waals surface area contributed by atoms with Gasteiger partial charge in [0.2, 0.25) is 23.6 Å². The van der Waals surface area contributed by atoms with Crippen LogP contribution in [0.5, 0.6) is 5.75 Å². The molecule has 14 heteroatoms. The minimum atomic E-state index is -0.924. The number of nitrogens with one attached hydrogen (secondary N) is 2. The highest BCUT2D eigenvalue weighted by Gasteiger charge is 2.44. The van der Waals surface area contributed by atoms with E-state index in [4.69, 9.17) is 16.2 Å². The van der Waals surface area contributed by atoms with E-state index < -0.39 is 35.4 Å².